The first kappa shape index (κ1) is 18.1. The Hall–Kier alpha value is -0.870. The molecule has 0 saturated heterocycles. The molecule has 112 valence electrons. The number of rotatable bonds is 7. The molecule has 0 fully saturated rings. The van der Waals surface area contributed by atoms with Crippen LogP contribution in [0, 0.1) is 0 Å². The summed E-state index contributed by atoms with van der Waals surface area (Å²) in [6, 6.07) is 0. The number of carbonyl (C=O) groups excluding carboxylic acids is 1. The van der Waals surface area contributed by atoms with Crippen LogP contribution in [-0.4, -0.2) is 35.7 Å². The normalized spacial score (nSPS) is 13.2. The van der Waals surface area contributed by atoms with Gasteiger partial charge >= 0.3 is 0 Å². The molecule has 0 spiro atoms. The summed E-state index contributed by atoms with van der Waals surface area (Å²) in [7, 11) is 0. The number of nitrogens with one attached hydrogen (secondary N) is 2. The van der Waals surface area contributed by atoms with Crippen LogP contribution in [0.1, 0.15) is 48.5 Å². The van der Waals surface area contributed by atoms with Gasteiger partial charge < -0.3 is 10.1 Å². The summed E-state index contributed by atoms with van der Waals surface area (Å²) >= 11 is 0. The summed E-state index contributed by atoms with van der Waals surface area (Å²) < 4.78 is 5.46. The molecule has 0 unspecified atom stereocenters. The van der Waals surface area contributed by atoms with Gasteiger partial charge in [-0.15, -0.1) is 6.58 Å². The van der Waals surface area contributed by atoms with E-state index >= 15 is 0 Å². The lowest BCUT2D eigenvalue weighted by atomic mass is 9.95. The molecule has 0 aliphatic rings. The molecule has 0 heterocycles. The second-order valence-electron chi connectivity index (χ2n) is 7.14. The highest BCUT2D eigenvalue weighted by molar-refractivity contribution is 5.86. The van der Waals surface area contributed by atoms with Crippen molar-refractivity contribution in [3.8, 4) is 0 Å². The largest absolute Gasteiger partial charge is 0.376 e. The smallest absolute Gasteiger partial charge is 0.240 e. The minimum absolute atomic E-state index is 0.0169. The SMILES string of the molecule is C=CCOCC(C)(C)NC(C)(C)C(=O)NC(C)(C)C. The summed E-state index contributed by atoms with van der Waals surface area (Å²) in [6.45, 7) is 18.3. The summed E-state index contributed by atoms with van der Waals surface area (Å²) in [6.07, 6.45) is 1.72. The maximum absolute atomic E-state index is 12.3. The Morgan fingerprint density at radius 3 is 2.11 bits per heavy atom. The Kier molecular flexibility index (Phi) is 6.23. The van der Waals surface area contributed by atoms with Gasteiger partial charge in [-0.2, -0.15) is 0 Å². The van der Waals surface area contributed by atoms with Crippen LogP contribution < -0.4 is 10.6 Å². The molecule has 0 atom stereocenters. The monoisotopic (exact) mass is 270 g/mol. The quantitative estimate of drug-likeness (QED) is 0.551. The number of hydrogen-bond donors (Lipinski definition) is 2. The van der Waals surface area contributed by atoms with Crippen molar-refractivity contribution >= 4 is 5.91 Å². The Morgan fingerprint density at radius 2 is 1.68 bits per heavy atom. The van der Waals surface area contributed by atoms with E-state index in [1.54, 1.807) is 6.08 Å². The van der Waals surface area contributed by atoms with Gasteiger partial charge in [-0.05, 0) is 48.5 Å². The number of ether oxygens (including phenoxy) is 1. The van der Waals surface area contributed by atoms with Crippen molar-refractivity contribution in [3.05, 3.63) is 12.7 Å². The van der Waals surface area contributed by atoms with Gasteiger partial charge in [-0.1, -0.05) is 6.08 Å². The van der Waals surface area contributed by atoms with Crippen LogP contribution in [0.2, 0.25) is 0 Å². The summed E-state index contributed by atoms with van der Waals surface area (Å²) in [4.78, 5) is 12.3. The van der Waals surface area contributed by atoms with Crippen LogP contribution in [0.5, 0.6) is 0 Å². The summed E-state index contributed by atoms with van der Waals surface area (Å²) in [5.41, 5.74) is -1.18. The molecule has 0 aliphatic heterocycles. The molecule has 0 aromatic rings. The average molecular weight is 270 g/mol. The number of carbonyl (C=O) groups is 1. The Bertz CT molecular complexity index is 315. The fourth-order valence-corrected chi connectivity index (χ4v) is 1.83. The van der Waals surface area contributed by atoms with E-state index in [9.17, 15) is 4.79 Å². The fourth-order valence-electron chi connectivity index (χ4n) is 1.83. The molecule has 2 N–H and O–H groups in total. The molecular weight excluding hydrogens is 240 g/mol. The predicted molar refractivity (Wildman–Crippen MR) is 80.2 cm³/mol. The number of hydrogen-bond acceptors (Lipinski definition) is 3. The Labute approximate surface area is 118 Å². The topological polar surface area (TPSA) is 50.4 Å². The minimum Gasteiger partial charge on any atom is -0.376 e. The van der Waals surface area contributed by atoms with Gasteiger partial charge in [0.2, 0.25) is 5.91 Å². The fraction of sp³-hybridized carbons (Fsp3) is 0.800. The highest BCUT2D eigenvalue weighted by Gasteiger charge is 2.35. The van der Waals surface area contributed by atoms with Crippen LogP contribution in [0.25, 0.3) is 0 Å². The van der Waals surface area contributed by atoms with E-state index < -0.39 is 5.54 Å². The molecule has 0 aromatic heterocycles. The van der Waals surface area contributed by atoms with Crippen molar-refractivity contribution in [2.45, 2.75) is 65.1 Å². The Balaban J connectivity index is 4.56. The van der Waals surface area contributed by atoms with E-state index in [0.29, 0.717) is 13.2 Å². The lowest BCUT2D eigenvalue weighted by molar-refractivity contribution is -0.129. The molecule has 4 heteroatoms. The van der Waals surface area contributed by atoms with Gasteiger partial charge in [-0.25, -0.2) is 0 Å². The van der Waals surface area contributed by atoms with Crippen molar-refractivity contribution in [2.75, 3.05) is 13.2 Å². The van der Waals surface area contributed by atoms with Crippen molar-refractivity contribution in [3.63, 3.8) is 0 Å². The zero-order valence-electron chi connectivity index (χ0n) is 13.5. The van der Waals surface area contributed by atoms with Crippen molar-refractivity contribution in [1.29, 1.82) is 0 Å². The van der Waals surface area contributed by atoms with E-state index in [2.05, 4.69) is 17.2 Å². The highest BCUT2D eigenvalue weighted by atomic mass is 16.5. The van der Waals surface area contributed by atoms with Crippen LogP contribution in [0.4, 0.5) is 0 Å². The lowest BCUT2D eigenvalue weighted by Crippen LogP contribution is -2.63. The van der Waals surface area contributed by atoms with E-state index in [0.717, 1.165) is 0 Å². The zero-order valence-corrected chi connectivity index (χ0v) is 13.5. The van der Waals surface area contributed by atoms with Gasteiger partial charge in [0.05, 0.1) is 18.8 Å². The van der Waals surface area contributed by atoms with Crippen LogP contribution in [-0.2, 0) is 9.53 Å². The van der Waals surface area contributed by atoms with Gasteiger partial charge in [0.25, 0.3) is 0 Å². The molecule has 0 aromatic carbocycles. The van der Waals surface area contributed by atoms with E-state index in [4.69, 9.17) is 4.74 Å². The maximum Gasteiger partial charge on any atom is 0.240 e. The maximum atomic E-state index is 12.3. The zero-order chi connectivity index (χ0) is 15.3. The molecule has 0 rings (SSSR count). The van der Waals surface area contributed by atoms with Gasteiger partial charge in [0.15, 0.2) is 0 Å². The van der Waals surface area contributed by atoms with Gasteiger partial charge in [0, 0.05) is 11.1 Å². The third kappa shape index (κ3) is 8.01. The van der Waals surface area contributed by atoms with E-state index in [-0.39, 0.29) is 17.0 Å². The Morgan fingerprint density at radius 1 is 1.16 bits per heavy atom. The molecule has 4 nitrogen and oxygen atoms in total. The molecule has 0 radical (unpaired) electrons. The van der Waals surface area contributed by atoms with Gasteiger partial charge in [0.1, 0.15) is 0 Å². The van der Waals surface area contributed by atoms with Crippen LogP contribution in [0.3, 0.4) is 0 Å². The van der Waals surface area contributed by atoms with Crippen LogP contribution in [0.15, 0.2) is 12.7 Å². The number of amides is 1. The standard InChI is InChI=1S/C15H30N2O2/c1-9-10-19-11-14(5,6)17-15(7,8)12(18)16-13(2,3)4/h9,17H,1,10-11H2,2-8H3,(H,16,18). The molecule has 19 heavy (non-hydrogen) atoms. The molecule has 1 amide bonds. The van der Waals surface area contributed by atoms with Crippen molar-refractivity contribution in [2.24, 2.45) is 0 Å². The first-order valence-electron chi connectivity index (χ1n) is 6.70. The van der Waals surface area contributed by atoms with Crippen LogP contribution >= 0.6 is 0 Å². The first-order valence-corrected chi connectivity index (χ1v) is 6.70. The lowest BCUT2D eigenvalue weighted by Gasteiger charge is -2.37. The highest BCUT2D eigenvalue weighted by Crippen LogP contribution is 2.14. The summed E-state index contributed by atoms with van der Waals surface area (Å²) in [5.74, 6) is -0.0169. The summed E-state index contributed by atoms with van der Waals surface area (Å²) in [5, 5.41) is 6.33. The van der Waals surface area contributed by atoms with E-state index in [1.807, 2.05) is 48.5 Å². The second-order valence-corrected chi connectivity index (χ2v) is 7.14. The second kappa shape index (κ2) is 6.53. The molecule has 0 bridgehead atoms. The minimum atomic E-state index is -0.658. The first-order chi connectivity index (χ1) is 8.40. The van der Waals surface area contributed by atoms with Gasteiger partial charge in [-0.3, -0.25) is 10.1 Å². The molecule has 0 aliphatic carbocycles. The van der Waals surface area contributed by atoms with E-state index in [1.165, 1.54) is 0 Å². The third-order valence-corrected chi connectivity index (χ3v) is 2.41. The van der Waals surface area contributed by atoms with Crippen molar-refractivity contribution in [1.82, 2.24) is 10.6 Å². The molecular formula is C15H30N2O2. The third-order valence-electron chi connectivity index (χ3n) is 2.41. The van der Waals surface area contributed by atoms with Crippen molar-refractivity contribution < 1.29 is 9.53 Å². The average Bonchev–Trinajstić information content (AvgIpc) is 2.13. The predicted octanol–water partition coefficient (Wildman–Crippen LogP) is 2.25. The molecule has 0 saturated carbocycles.